The molecule has 5 rings (SSSR count). The minimum atomic E-state index is -0.489. The molecule has 2 aromatic carbocycles. The van der Waals surface area contributed by atoms with Crippen molar-refractivity contribution in [2.75, 3.05) is 6.54 Å². The predicted molar refractivity (Wildman–Crippen MR) is 123 cm³/mol. The number of hydrogen-bond donors (Lipinski definition) is 2. The van der Waals surface area contributed by atoms with E-state index in [9.17, 15) is 14.7 Å². The molecule has 1 aromatic heterocycles. The van der Waals surface area contributed by atoms with Gasteiger partial charge < -0.3 is 14.4 Å². The lowest BCUT2D eigenvalue weighted by molar-refractivity contribution is 0.0699. The summed E-state index contributed by atoms with van der Waals surface area (Å²) in [5.41, 5.74) is 7.39. The number of rotatable bonds is 3. The molecule has 0 saturated heterocycles. The topological polar surface area (TPSA) is 95.1 Å². The first kappa shape index (κ1) is 21.0. The molecule has 7 heteroatoms. The highest BCUT2D eigenvalue weighted by molar-refractivity contribution is 6.07. The second kappa shape index (κ2) is 8.58. The van der Waals surface area contributed by atoms with Crippen LogP contribution in [0.3, 0.4) is 0 Å². The number of benzene rings is 2. The molecule has 2 amide bonds. The van der Waals surface area contributed by atoms with Crippen molar-refractivity contribution in [3.63, 3.8) is 0 Å². The van der Waals surface area contributed by atoms with Gasteiger partial charge in [-0.05, 0) is 49.4 Å². The van der Waals surface area contributed by atoms with Crippen LogP contribution in [0.2, 0.25) is 0 Å². The number of nitrogens with one attached hydrogen (secondary N) is 1. The van der Waals surface area contributed by atoms with Crippen LogP contribution >= 0.6 is 0 Å². The van der Waals surface area contributed by atoms with Gasteiger partial charge in [0.1, 0.15) is 11.5 Å². The number of carbonyl (C=O) groups is 2. The Kier molecular flexibility index (Phi) is 5.46. The average molecular weight is 444 g/mol. The lowest BCUT2D eigenvalue weighted by atomic mass is 9.93. The standard InChI is InChI=1S/C26H25N3O4/c1-16-23-20(27-28-25(31)19-9-4-5-11-21(19)30)10-6-12-22(23)33-24(16)26(32)29-14-13-17-7-2-3-8-18(17)15-29/h2-5,7-9,11,30H,6,10,12-15H2,1H3,(H,28,31)/b27-20+. The van der Waals surface area contributed by atoms with Crippen molar-refractivity contribution in [3.8, 4) is 5.75 Å². The number of aromatic hydroxyl groups is 1. The number of phenolic OH excluding ortho intramolecular Hbond substituents is 1. The van der Waals surface area contributed by atoms with E-state index in [0.29, 0.717) is 31.0 Å². The zero-order valence-electron chi connectivity index (χ0n) is 18.4. The van der Waals surface area contributed by atoms with E-state index in [1.807, 2.05) is 24.0 Å². The Morgan fingerprint density at radius 2 is 1.79 bits per heavy atom. The van der Waals surface area contributed by atoms with Gasteiger partial charge in [0.05, 0.1) is 11.3 Å². The Hall–Kier alpha value is -3.87. The summed E-state index contributed by atoms with van der Waals surface area (Å²) in [6.07, 6.45) is 3.03. The van der Waals surface area contributed by atoms with Gasteiger partial charge in [-0.25, -0.2) is 5.43 Å². The van der Waals surface area contributed by atoms with Crippen molar-refractivity contribution in [2.24, 2.45) is 5.10 Å². The lowest BCUT2D eigenvalue weighted by Gasteiger charge is -2.28. The van der Waals surface area contributed by atoms with Crippen molar-refractivity contribution >= 4 is 17.5 Å². The second-order valence-corrected chi connectivity index (χ2v) is 8.47. The lowest BCUT2D eigenvalue weighted by Crippen LogP contribution is -2.36. The van der Waals surface area contributed by atoms with Crippen molar-refractivity contribution in [1.82, 2.24) is 10.3 Å². The van der Waals surface area contributed by atoms with E-state index in [1.165, 1.54) is 23.3 Å². The summed E-state index contributed by atoms with van der Waals surface area (Å²) in [6.45, 7) is 3.09. The van der Waals surface area contributed by atoms with E-state index in [4.69, 9.17) is 4.42 Å². The number of carbonyl (C=O) groups excluding carboxylic acids is 2. The van der Waals surface area contributed by atoms with Crippen molar-refractivity contribution < 1.29 is 19.1 Å². The Labute approximate surface area is 191 Å². The predicted octanol–water partition coefficient (Wildman–Crippen LogP) is 3.96. The van der Waals surface area contributed by atoms with Crippen molar-refractivity contribution in [1.29, 1.82) is 0 Å². The fraction of sp³-hybridized carbons (Fsp3) is 0.269. The van der Waals surface area contributed by atoms with E-state index in [1.54, 1.807) is 12.1 Å². The first-order valence-electron chi connectivity index (χ1n) is 11.2. The zero-order chi connectivity index (χ0) is 22.9. The highest BCUT2D eigenvalue weighted by atomic mass is 16.4. The van der Waals surface area contributed by atoms with E-state index in [2.05, 4.69) is 22.7 Å². The molecule has 1 aliphatic heterocycles. The number of aryl methyl sites for hydroxylation is 1. The highest BCUT2D eigenvalue weighted by Gasteiger charge is 2.31. The molecule has 33 heavy (non-hydrogen) atoms. The van der Waals surface area contributed by atoms with E-state index >= 15 is 0 Å². The van der Waals surface area contributed by atoms with Gasteiger partial charge in [-0.3, -0.25) is 9.59 Å². The van der Waals surface area contributed by atoms with Crippen LogP contribution in [0.15, 0.2) is 58.0 Å². The molecule has 2 N–H and O–H groups in total. The van der Waals surface area contributed by atoms with Crippen LogP contribution < -0.4 is 5.43 Å². The summed E-state index contributed by atoms with van der Waals surface area (Å²) < 4.78 is 6.06. The Morgan fingerprint density at radius 3 is 2.61 bits per heavy atom. The fourth-order valence-electron chi connectivity index (χ4n) is 4.64. The largest absolute Gasteiger partial charge is 0.507 e. The fourth-order valence-corrected chi connectivity index (χ4v) is 4.64. The van der Waals surface area contributed by atoms with Crippen LogP contribution in [-0.2, 0) is 19.4 Å². The van der Waals surface area contributed by atoms with Gasteiger partial charge in [-0.15, -0.1) is 0 Å². The summed E-state index contributed by atoms with van der Waals surface area (Å²) in [4.78, 5) is 27.6. The van der Waals surface area contributed by atoms with Gasteiger partial charge in [0.2, 0.25) is 0 Å². The maximum atomic E-state index is 13.3. The molecule has 0 spiro atoms. The number of hydrogen-bond acceptors (Lipinski definition) is 5. The van der Waals surface area contributed by atoms with Crippen LogP contribution in [0.25, 0.3) is 0 Å². The maximum Gasteiger partial charge on any atom is 0.290 e. The third kappa shape index (κ3) is 3.91. The molecular formula is C26H25N3O4. The third-order valence-corrected chi connectivity index (χ3v) is 6.38. The molecule has 0 fully saturated rings. The smallest absolute Gasteiger partial charge is 0.290 e. The van der Waals surface area contributed by atoms with Gasteiger partial charge in [-0.1, -0.05) is 36.4 Å². The van der Waals surface area contributed by atoms with E-state index in [0.717, 1.165) is 36.1 Å². The summed E-state index contributed by atoms with van der Waals surface area (Å²) >= 11 is 0. The Bertz CT molecular complexity index is 1270. The number of amides is 2. The minimum absolute atomic E-state index is 0.102. The second-order valence-electron chi connectivity index (χ2n) is 8.47. The minimum Gasteiger partial charge on any atom is -0.507 e. The van der Waals surface area contributed by atoms with Crippen molar-refractivity contribution in [3.05, 3.63) is 87.9 Å². The van der Waals surface area contributed by atoms with Crippen LogP contribution in [-0.4, -0.2) is 34.1 Å². The third-order valence-electron chi connectivity index (χ3n) is 6.38. The maximum absolute atomic E-state index is 13.3. The van der Waals surface area contributed by atoms with Crippen LogP contribution in [0.5, 0.6) is 5.75 Å². The average Bonchev–Trinajstić information content (AvgIpc) is 3.19. The molecule has 1 aliphatic carbocycles. The van der Waals surface area contributed by atoms with Gasteiger partial charge in [-0.2, -0.15) is 5.10 Å². The molecule has 0 unspecified atom stereocenters. The number of hydrazone groups is 1. The molecule has 0 atom stereocenters. The summed E-state index contributed by atoms with van der Waals surface area (Å²) in [6, 6.07) is 14.5. The monoisotopic (exact) mass is 443 g/mol. The summed E-state index contributed by atoms with van der Waals surface area (Å²) in [5, 5.41) is 14.2. The molecule has 3 aromatic rings. The quantitative estimate of drug-likeness (QED) is 0.599. The van der Waals surface area contributed by atoms with E-state index < -0.39 is 5.91 Å². The van der Waals surface area contributed by atoms with E-state index in [-0.39, 0.29) is 17.2 Å². The number of phenols is 1. The molecule has 7 nitrogen and oxygen atoms in total. The Morgan fingerprint density at radius 1 is 1.03 bits per heavy atom. The first-order valence-corrected chi connectivity index (χ1v) is 11.2. The van der Waals surface area contributed by atoms with Crippen LogP contribution in [0, 0.1) is 6.92 Å². The van der Waals surface area contributed by atoms with Gasteiger partial charge in [0, 0.05) is 30.6 Å². The molecule has 0 radical (unpaired) electrons. The molecular weight excluding hydrogens is 418 g/mol. The van der Waals surface area contributed by atoms with Gasteiger partial charge in [0.25, 0.3) is 11.8 Å². The number of nitrogens with zero attached hydrogens (tertiary/aromatic N) is 2. The first-order chi connectivity index (χ1) is 16.0. The molecule has 168 valence electrons. The highest BCUT2D eigenvalue weighted by Crippen LogP contribution is 2.31. The number of fused-ring (bicyclic) bond motifs is 2. The van der Waals surface area contributed by atoms with Gasteiger partial charge in [0.15, 0.2) is 5.76 Å². The summed E-state index contributed by atoms with van der Waals surface area (Å²) in [5.74, 6) is 0.372. The zero-order valence-corrected chi connectivity index (χ0v) is 18.4. The Balaban J connectivity index is 1.39. The number of furan rings is 1. The SMILES string of the molecule is Cc1c(C(=O)N2CCc3ccccc3C2)oc2c1/C(=N/NC(=O)c1ccccc1O)CCC2. The van der Waals surface area contributed by atoms with Crippen LogP contribution in [0.4, 0.5) is 0 Å². The van der Waals surface area contributed by atoms with Crippen molar-refractivity contribution in [2.45, 2.75) is 39.2 Å². The normalized spacial score (nSPS) is 16.3. The summed E-state index contributed by atoms with van der Waals surface area (Å²) in [7, 11) is 0. The molecule has 2 aliphatic rings. The van der Waals surface area contributed by atoms with Gasteiger partial charge >= 0.3 is 0 Å². The molecule has 0 bridgehead atoms. The van der Waals surface area contributed by atoms with Crippen LogP contribution in [0.1, 0.15) is 61.8 Å². The molecule has 0 saturated carbocycles. The molecule has 2 heterocycles. The number of para-hydroxylation sites is 1.